The highest BCUT2D eigenvalue weighted by Crippen LogP contribution is 2.34. The summed E-state index contributed by atoms with van der Waals surface area (Å²) in [6.07, 6.45) is -2.41. The molecule has 0 aromatic heterocycles. The molecule has 1 aliphatic rings. The van der Waals surface area contributed by atoms with Crippen molar-refractivity contribution in [2.24, 2.45) is 0 Å². The number of alkyl halides is 3. The summed E-state index contributed by atoms with van der Waals surface area (Å²) in [4.78, 5) is 14.9. The molecule has 0 atom stereocenters. The van der Waals surface area contributed by atoms with Crippen LogP contribution in [0, 0.1) is 0 Å². The van der Waals surface area contributed by atoms with Crippen LogP contribution in [0.15, 0.2) is 18.2 Å². The monoisotopic (exact) mass is 300 g/mol. The Hall–Kier alpha value is -1.56. The zero-order valence-electron chi connectivity index (χ0n) is 12.2. The second-order valence-electron chi connectivity index (χ2n) is 5.57. The number of hydrogen-bond donors (Lipinski definition) is 0. The van der Waals surface area contributed by atoms with E-state index < -0.39 is 11.7 Å². The largest absolute Gasteiger partial charge is 0.417 e. The minimum Gasteiger partial charge on any atom is -0.371 e. The molecule has 1 aliphatic heterocycles. The quantitative estimate of drug-likeness (QED) is 0.802. The molecule has 0 spiro atoms. The predicted molar refractivity (Wildman–Crippen MR) is 75.8 cm³/mol. The Morgan fingerprint density at radius 1 is 1.24 bits per heavy atom. The molecule has 3 nitrogen and oxygen atoms in total. The topological polar surface area (TPSA) is 23.6 Å². The number of carbonyl (C=O) groups excluding carboxylic acids is 1. The zero-order chi connectivity index (χ0) is 15.6. The van der Waals surface area contributed by atoms with Crippen molar-refractivity contribution in [3.63, 3.8) is 0 Å². The average Bonchev–Trinajstić information content (AvgIpc) is 2.45. The Morgan fingerprint density at radius 2 is 1.86 bits per heavy atom. The fourth-order valence-electron chi connectivity index (χ4n) is 2.73. The minimum atomic E-state index is -4.51. The van der Waals surface area contributed by atoms with Gasteiger partial charge in [-0.25, -0.2) is 0 Å². The lowest BCUT2D eigenvalue weighted by molar-refractivity contribution is -0.137. The summed E-state index contributed by atoms with van der Waals surface area (Å²) in [7, 11) is 4.03. The van der Waals surface area contributed by atoms with E-state index in [2.05, 4.69) is 4.90 Å². The van der Waals surface area contributed by atoms with E-state index >= 15 is 0 Å². The molecule has 21 heavy (non-hydrogen) atoms. The average molecular weight is 300 g/mol. The Kier molecular flexibility index (Phi) is 4.56. The van der Waals surface area contributed by atoms with Crippen LogP contribution < -0.4 is 4.90 Å². The van der Waals surface area contributed by atoms with Crippen LogP contribution in [0.5, 0.6) is 0 Å². The molecular weight excluding hydrogens is 281 g/mol. The number of piperidine rings is 1. The lowest BCUT2D eigenvalue weighted by Gasteiger charge is -2.36. The molecule has 1 heterocycles. The lowest BCUT2D eigenvalue weighted by atomic mass is 10.0. The molecule has 0 unspecified atom stereocenters. The molecule has 1 aromatic rings. The molecule has 2 rings (SSSR count). The first-order chi connectivity index (χ1) is 9.82. The number of halogens is 3. The van der Waals surface area contributed by atoms with Crippen LogP contribution in [0.4, 0.5) is 18.9 Å². The molecule has 1 fully saturated rings. The number of rotatable bonds is 3. The minimum absolute atomic E-state index is 0.255. The molecule has 1 aromatic carbocycles. The number of anilines is 1. The molecule has 6 heteroatoms. The number of benzene rings is 1. The SMILES string of the molecule is CN(C)C1CCN(c2ccc(C=O)c(C(F)(F)F)c2)CC1. The van der Waals surface area contributed by atoms with E-state index in [4.69, 9.17) is 0 Å². The van der Waals surface area contributed by atoms with Gasteiger partial charge in [0, 0.05) is 30.4 Å². The van der Waals surface area contributed by atoms with E-state index in [1.807, 2.05) is 19.0 Å². The number of hydrogen-bond acceptors (Lipinski definition) is 3. The Balaban J connectivity index is 2.20. The third kappa shape index (κ3) is 3.56. The summed E-state index contributed by atoms with van der Waals surface area (Å²) in [5, 5.41) is 0. The fraction of sp³-hybridized carbons (Fsp3) is 0.533. The van der Waals surface area contributed by atoms with E-state index in [1.54, 1.807) is 6.07 Å². The summed E-state index contributed by atoms with van der Waals surface area (Å²) >= 11 is 0. The van der Waals surface area contributed by atoms with Gasteiger partial charge in [-0.15, -0.1) is 0 Å². The highest BCUT2D eigenvalue weighted by atomic mass is 19.4. The summed E-state index contributed by atoms with van der Waals surface area (Å²) < 4.78 is 38.9. The number of aldehydes is 1. The fourth-order valence-corrected chi connectivity index (χ4v) is 2.73. The Morgan fingerprint density at radius 3 is 2.33 bits per heavy atom. The summed E-state index contributed by atoms with van der Waals surface area (Å²) in [5.74, 6) is 0. The van der Waals surface area contributed by atoms with Gasteiger partial charge in [-0.2, -0.15) is 13.2 Å². The van der Waals surface area contributed by atoms with Crippen molar-refractivity contribution >= 4 is 12.0 Å². The van der Waals surface area contributed by atoms with Crippen LogP contribution in [0.3, 0.4) is 0 Å². The van der Waals surface area contributed by atoms with Crippen LogP contribution >= 0.6 is 0 Å². The molecule has 0 saturated carbocycles. The molecule has 0 radical (unpaired) electrons. The van der Waals surface area contributed by atoms with Gasteiger partial charge < -0.3 is 9.80 Å². The molecule has 1 saturated heterocycles. The highest BCUT2D eigenvalue weighted by molar-refractivity contribution is 5.79. The van der Waals surface area contributed by atoms with Gasteiger partial charge in [0.2, 0.25) is 0 Å². The van der Waals surface area contributed by atoms with Crippen molar-refractivity contribution in [2.45, 2.75) is 25.1 Å². The van der Waals surface area contributed by atoms with Crippen molar-refractivity contribution in [1.82, 2.24) is 4.90 Å². The van der Waals surface area contributed by atoms with Gasteiger partial charge in [0.25, 0.3) is 0 Å². The van der Waals surface area contributed by atoms with E-state index in [1.165, 1.54) is 6.07 Å². The van der Waals surface area contributed by atoms with Gasteiger partial charge in [-0.3, -0.25) is 4.79 Å². The van der Waals surface area contributed by atoms with E-state index in [0.717, 1.165) is 32.0 Å². The normalized spacial score (nSPS) is 17.3. The first-order valence-corrected chi connectivity index (χ1v) is 6.90. The third-order valence-corrected chi connectivity index (χ3v) is 4.03. The molecular formula is C15H19F3N2O. The van der Waals surface area contributed by atoms with Crippen LogP contribution in [-0.4, -0.2) is 44.4 Å². The molecule has 0 aliphatic carbocycles. The zero-order valence-corrected chi connectivity index (χ0v) is 12.2. The van der Waals surface area contributed by atoms with Crippen molar-refractivity contribution < 1.29 is 18.0 Å². The molecule has 0 amide bonds. The van der Waals surface area contributed by atoms with E-state index in [-0.39, 0.29) is 11.8 Å². The second kappa shape index (κ2) is 6.05. The first-order valence-electron chi connectivity index (χ1n) is 6.90. The molecule has 0 N–H and O–H groups in total. The third-order valence-electron chi connectivity index (χ3n) is 4.03. The van der Waals surface area contributed by atoms with Gasteiger partial charge in [0.1, 0.15) is 0 Å². The Labute approximate surface area is 122 Å². The number of carbonyl (C=O) groups is 1. The molecule has 116 valence electrons. The maximum atomic E-state index is 13.0. The summed E-state index contributed by atoms with van der Waals surface area (Å²) in [6.45, 7) is 1.45. The predicted octanol–water partition coefficient (Wildman–Crippen LogP) is 3.05. The van der Waals surface area contributed by atoms with Crippen molar-refractivity contribution in [3.05, 3.63) is 29.3 Å². The lowest BCUT2D eigenvalue weighted by Crippen LogP contribution is -2.42. The maximum absolute atomic E-state index is 13.0. The molecule has 0 bridgehead atoms. The summed E-state index contributed by atoms with van der Waals surface area (Å²) in [5.41, 5.74) is -0.635. The van der Waals surface area contributed by atoms with Gasteiger partial charge in [-0.05, 0) is 45.1 Å². The van der Waals surface area contributed by atoms with E-state index in [0.29, 0.717) is 11.7 Å². The van der Waals surface area contributed by atoms with Gasteiger partial charge in [0.15, 0.2) is 6.29 Å². The number of nitrogens with zero attached hydrogens (tertiary/aromatic N) is 2. The van der Waals surface area contributed by atoms with Crippen LogP contribution in [0.2, 0.25) is 0 Å². The van der Waals surface area contributed by atoms with Gasteiger partial charge in [0.05, 0.1) is 5.56 Å². The standard InChI is InChI=1S/C15H19F3N2O/c1-19(2)12-5-7-20(8-6-12)13-4-3-11(10-21)14(9-13)15(16,17)18/h3-4,9-10,12H,5-8H2,1-2H3. The second-order valence-corrected chi connectivity index (χ2v) is 5.57. The van der Waals surface area contributed by atoms with Crippen LogP contribution in [-0.2, 0) is 6.18 Å². The van der Waals surface area contributed by atoms with E-state index in [9.17, 15) is 18.0 Å². The van der Waals surface area contributed by atoms with Crippen molar-refractivity contribution in [2.75, 3.05) is 32.1 Å². The van der Waals surface area contributed by atoms with Gasteiger partial charge in [-0.1, -0.05) is 0 Å². The maximum Gasteiger partial charge on any atom is 0.417 e. The van der Waals surface area contributed by atoms with Crippen molar-refractivity contribution in [1.29, 1.82) is 0 Å². The van der Waals surface area contributed by atoms with Crippen molar-refractivity contribution in [3.8, 4) is 0 Å². The summed E-state index contributed by atoms with van der Waals surface area (Å²) in [6, 6.07) is 4.40. The smallest absolute Gasteiger partial charge is 0.371 e. The first kappa shape index (κ1) is 15.8. The van der Waals surface area contributed by atoms with Crippen LogP contribution in [0.1, 0.15) is 28.8 Å². The highest BCUT2D eigenvalue weighted by Gasteiger charge is 2.34. The Bertz CT molecular complexity index is 506. The van der Waals surface area contributed by atoms with Gasteiger partial charge >= 0.3 is 6.18 Å². The van der Waals surface area contributed by atoms with Crippen LogP contribution in [0.25, 0.3) is 0 Å².